The van der Waals surface area contributed by atoms with E-state index < -0.39 is 0 Å². The molecule has 0 spiro atoms. The van der Waals surface area contributed by atoms with Crippen LogP contribution in [0.3, 0.4) is 0 Å². The Morgan fingerprint density at radius 2 is 1.74 bits per heavy atom. The van der Waals surface area contributed by atoms with Crippen molar-refractivity contribution in [1.29, 1.82) is 0 Å². The number of ketones is 1. The molecular weight excluding hydrogens is 287 g/mol. The summed E-state index contributed by atoms with van der Waals surface area (Å²) >= 11 is 0. The van der Waals surface area contributed by atoms with Crippen LogP contribution in [0.2, 0.25) is 0 Å². The molecular formula is C21H27FO. The Labute approximate surface area is 139 Å². The molecule has 23 heavy (non-hydrogen) atoms. The van der Waals surface area contributed by atoms with Crippen molar-refractivity contribution in [2.24, 2.45) is 11.8 Å². The summed E-state index contributed by atoms with van der Waals surface area (Å²) in [7, 11) is 0. The summed E-state index contributed by atoms with van der Waals surface area (Å²) in [5.74, 6) is 1.44. The van der Waals surface area contributed by atoms with E-state index in [4.69, 9.17) is 0 Å². The second kappa shape index (κ2) is 7.42. The molecule has 2 aliphatic carbocycles. The number of carbonyl (C=O) groups is 1. The van der Waals surface area contributed by atoms with Gasteiger partial charge in [-0.1, -0.05) is 37.5 Å². The highest BCUT2D eigenvalue weighted by molar-refractivity contribution is 5.96. The lowest BCUT2D eigenvalue weighted by Crippen LogP contribution is -2.22. The molecule has 0 bridgehead atoms. The highest BCUT2D eigenvalue weighted by atomic mass is 19.1. The molecule has 0 N–H and O–H groups in total. The lowest BCUT2D eigenvalue weighted by atomic mass is 9.72. The Kier molecular flexibility index (Phi) is 5.30. The Morgan fingerprint density at radius 1 is 1.04 bits per heavy atom. The summed E-state index contributed by atoms with van der Waals surface area (Å²) in [6.07, 6.45) is 11.6. The summed E-state index contributed by atoms with van der Waals surface area (Å²) in [5.41, 5.74) is 2.33. The first-order valence-corrected chi connectivity index (χ1v) is 9.17. The molecule has 1 nitrogen and oxygen atoms in total. The smallest absolute Gasteiger partial charge is 0.163 e. The van der Waals surface area contributed by atoms with Gasteiger partial charge in [-0.05, 0) is 74.1 Å². The third kappa shape index (κ3) is 3.91. The quantitative estimate of drug-likeness (QED) is 0.686. The van der Waals surface area contributed by atoms with E-state index in [-0.39, 0.29) is 17.5 Å². The lowest BCUT2D eigenvalue weighted by molar-refractivity contribution is -0.116. The molecule has 3 rings (SSSR count). The summed E-state index contributed by atoms with van der Waals surface area (Å²) < 4.78 is 13.0. The minimum Gasteiger partial charge on any atom is -0.294 e. The Balaban J connectivity index is 1.63. The minimum atomic E-state index is -0.239. The van der Waals surface area contributed by atoms with Gasteiger partial charge in [-0.3, -0.25) is 4.79 Å². The fourth-order valence-corrected chi connectivity index (χ4v) is 4.39. The predicted molar refractivity (Wildman–Crippen MR) is 91.8 cm³/mol. The van der Waals surface area contributed by atoms with Crippen LogP contribution in [-0.2, 0) is 4.79 Å². The van der Waals surface area contributed by atoms with Gasteiger partial charge >= 0.3 is 0 Å². The van der Waals surface area contributed by atoms with Gasteiger partial charge in [-0.2, -0.15) is 0 Å². The molecule has 1 aromatic rings. The zero-order valence-electron chi connectivity index (χ0n) is 14.1. The van der Waals surface area contributed by atoms with Crippen molar-refractivity contribution >= 4 is 5.78 Å². The number of carbonyl (C=O) groups excluding carboxylic acids is 1. The highest BCUT2D eigenvalue weighted by Gasteiger charge is 2.29. The Morgan fingerprint density at radius 3 is 2.35 bits per heavy atom. The minimum absolute atomic E-state index is 0.0734. The molecule has 0 heterocycles. The summed E-state index contributed by atoms with van der Waals surface area (Å²) in [6, 6.07) is 6.42. The van der Waals surface area contributed by atoms with Gasteiger partial charge in [0.1, 0.15) is 5.82 Å². The number of halogens is 1. The molecule has 0 saturated heterocycles. The van der Waals surface area contributed by atoms with Crippen LogP contribution in [0, 0.1) is 17.7 Å². The first kappa shape index (κ1) is 16.4. The van der Waals surface area contributed by atoms with Crippen molar-refractivity contribution in [1.82, 2.24) is 0 Å². The van der Waals surface area contributed by atoms with E-state index in [0.717, 1.165) is 24.3 Å². The van der Waals surface area contributed by atoms with Crippen molar-refractivity contribution < 1.29 is 9.18 Å². The van der Waals surface area contributed by atoms with Gasteiger partial charge < -0.3 is 0 Å². The van der Waals surface area contributed by atoms with Crippen molar-refractivity contribution in [3.05, 3.63) is 47.3 Å². The van der Waals surface area contributed by atoms with Crippen LogP contribution in [0.5, 0.6) is 0 Å². The Hall–Kier alpha value is -1.44. The van der Waals surface area contributed by atoms with Crippen molar-refractivity contribution in [2.75, 3.05) is 0 Å². The SMILES string of the molecule is CCCC1CCC(C2=CC(=O)C(c3ccc(F)cc3)CC2)CC1. The van der Waals surface area contributed by atoms with Crippen molar-refractivity contribution in [3.8, 4) is 0 Å². The maximum absolute atomic E-state index is 13.0. The summed E-state index contributed by atoms with van der Waals surface area (Å²) in [6.45, 7) is 2.27. The molecule has 1 unspecified atom stereocenters. The molecule has 0 aromatic heterocycles. The van der Waals surface area contributed by atoms with Crippen molar-refractivity contribution in [3.63, 3.8) is 0 Å². The fourth-order valence-electron chi connectivity index (χ4n) is 4.39. The lowest BCUT2D eigenvalue weighted by Gasteiger charge is -2.32. The van der Waals surface area contributed by atoms with E-state index in [9.17, 15) is 9.18 Å². The van der Waals surface area contributed by atoms with Crippen LogP contribution >= 0.6 is 0 Å². The molecule has 124 valence electrons. The molecule has 2 aliphatic rings. The highest BCUT2D eigenvalue weighted by Crippen LogP contribution is 2.40. The number of rotatable bonds is 4. The average molecular weight is 314 g/mol. The third-order valence-electron chi connectivity index (χ3n) is 5.73. The van der Waals surface area contributed by atoms with E-state index >= 15 is 0 Å². The van der Waals surface area contributed by atoms with Crippen LogP contribution in [-0.4, -0.2) is 5.78 Å². The third-order valence-corrected chi connectivity index (χ3v) is 5.73. The first-order valence-electron chi connectivity index (χ1n) is 9.17. The second-order valence-corrected chi connectivity index (χ2v) is 7.27. The second-order valence-electron chi connectivity index (χ2n) is 7.27. The number of allylic oxidation sites excluding steroid dienone is 2. The first-order chi connectivity index (χ1) is 11.2. The van der Waals surface area contributed by atoms with Gasteiger partial charge in [0.15, 0.2) is 5.78 Å². The van der Waals surface area contributed by atoms with Gasteiger partial charge in [-0.15, -0.1) is 0 Å². The summed E-state index contributed by atoms with van der Waals surface area (Å²) in [5, 5.41) is 0. The van der Waals surface area contributed by atoms with E-state index in [2.05, 4.69) is 6.92 Å². The molecule has 0 amide bonds. The topological polar surface area (TPSA) is 17.1 Å². The normalized spacial score (nSPS) is 28.5. The zero-order chi connectivity index (χ0) is 16.2. The van der Waals surface area contributed by atoms with Crippen LogP contribution in [0.4, 0.5) is 4.39 Å². The van der Waals surface area contributed by atoms with Crippen LogP contribution < -0.4 is 0 Å². The largest absolute Gasteiger partial charge is 0.294 e. The molecule has 2 heteroatoms. The predicted octanol–water partition coefficient (Wildman–Crippen LogP) is 5.81. The molecule has 1 fully saturated rings. The van der Waals surface area contributed by atoms with Gasteiger partial charge in [-0.25, -0.2) is 4.39 Å². The number of hydrogen-bond acceptors (Lipinski definition) is 1. The van der Waals surface area contributed by atoms with Crippen LogP contribution in [0.15, 0.2) is 35.9 Å². The monoisotopic (exact) mass is 314 g/mol. The molecule has 1 atom stereocenters. The van der Waals surface area contributed by atoms with E-state index in [1.165, 1.54) is 56.2 Å². The molecule has 0 radical (unpaired) electrons. The molecule has 0 aliphatic heterocycles. The van der Waals surface area contributed by atoms with E-state index in [1.54, 1.807) is 12.1 Å². The van der Waals surface area contributed by atoms with E-state index in [1.807, 2.05) is 6.08 Å². The number of benzene rings is 1. The molecule has 1 saturated carbocycles. The maximum Gasteiger partial charge on any atom is 0.163 e. The Bertz CT molecular complexity index is 564. The van der Waals surface area contributed by atoms with Gasteiger partial charge in [0.25, 0.3) is 0 Å². The fraction of sp³-hybridized carbons (Fsp3) is 0.571. The zero-order valence-corrected chi connectivity index (χ0v) is 14.1. The van der Waals surface area contributed by atoms with Gasteiger partial charge in [0, 0.05) is 5.92 Å². The van der Waals surface area contributed by atoms with Gasteiger partial charge in [0.05, 0.1) is 0 Å². The van der Waals surface area contributed by atoms with Crippen molar-refractivity contribution in [2.45, 2.75) is 64.2 Å². The number of hydrogen-bond donors (Lipinski definition) is 0. The maximum atomic E-state index is 13.0. The average Bonchev–Trinajstić information content (AvgIpc) is 2.57. The van der Waals surface area contributed by atoms with Crippen LogP contribution in [0.1, 0.15) is 69.8 Å². The van der Waals surface area contributed by atoms with E-state index in [0.29, 0.717) is 5.92 Å². The van der Waals surface area contributed by atoms with Gasteiger partial charge in [0.2, 0.25) is 0 Å². The van der Waals surface area contributed by atoms with Crippen LogP contribution in [0.25, 0.3) is 0 Å². The summed E-state index contributed by atoms with van der Waals surface area (Å²) in [4.78, 5) is 12.5. The standard InChI is InChI=1S/C21H27FO/c1-2-3-15-4-6-16(7-5-15)18-10-13-20(21(23)14-18)17-8-11-19(22)12-9-17/h8-9,11-12,14-16,20H,2-7,10,13H2,1H3. The molecule has 1 aromatic carbocycles.